The van der Waals surface area contributed by atoms with Gasteiger partial charge in [0.25, 0.3) is 0 Å². The van der Waals surface area contributed by atoms with Crippen molar-refractivity contribution in [2.75, 3.05) is 25.6 Å². The Morgan fingerprint density at radius 2 is 2.17 bits per heavy atom. The maximum atomic E-state index is 11.8. The highest BCUT2D eigenvalue weighted by molar-refractivity contribution is 7.13. The molecule has 1 aliphatic heterocycles. The molecule has 3 rings (SSSR count). The van der Waals surface area contributed by atoms with Crippen LogP contribution in [0, 0.1) is 0 Å². The Bertz CT molecular complexity index is 726. The first-order chi connectivity index (χ1) is 11.7. The number of hydrogen-bond acceptors (Lipinski definition) is 8. The molecule has 2 aromatic rings. The zero-order valence-corrected chi connectivity index (χ0v) is 13.8. The zero-order valence-electron chi connectivity index (χ0n) is 13.0. The molecule has 2 heterocycles. The number of benzene rings is 1. The highest BCUT2D eigenvalue weighted by Gasteiger charge is 2.17. The van der Waals surface area contributed by atoms with Gasteiger partial charge in [0.2, 0.25) is 5.76 Å². The molecule has 126 valence electrons. The fourth-order valence-electron chi connectivity index (χ4n) is 1.91. The summed E-state index contributed by atoms with van der Waals surface area (Å²) in [4.78, 5) is 16.2. The molecule has 0 atom stereocenters. The molecular formula is C16H16N2O5S. The Hall–Kier alpha value is -2.74. The van der Waals surface area contributed by atoms with Crippen molar-refractivity contribution in [1.82, 2.24) is 4.98 Å². The van der Waals surface area contributed by atoms with E-state index in [0.29, 0.717) is 24.0 Å². The minimum Gasteiger partial charge on any atom is -0.497 e. The normalized spacial score (nSPS) is 13.3. The van der Waals surface area contributed by atoms with E-state index in [2.05, 4.69) is 10.3 Å². The number of nitrogens with one attached hydrogen (secondary N) is 1. The van der Waals surface area contributed by atoms with Gasteiger partial charge in [-0.25, -0.2) is 9.78 Å². The SMILES string of the molecule is COc1ccc(Nc2nc(COC(=O)C3=COCCO3)cs2)cc1. The molecule has 0 saturated carbocycles. The molecule has 7 nitrogen and oxygen atoms in total. The predicted octanol–water partition coefficient (Wildman–Crippen LogP) is 2.83. The maximum Gasteiger partial charge on any atom is 0.377 e. The van der Waals surface area contributed by atoms with Crippen molar-refractivity contribution in [2.45, 2.75) is 6.61 Å². The van der Waals surface area contributed by atoms with Crippen LogP contribution in [-0.4, -0.2) is 31.3 Å². The van der Waals surface area contributed by atoms with E-state index in [4.69, 9.17) is 18.9 Å². The number of methoxy groups -OCH3 is 1. The van der Waals surface area contributed by atoms with Crippen LogP contribution in [0.1, 0.15) is 5.69 Å². The van der Waals surface area contributed by atoms with Gasteiger partial charge >= 0.3 is 5.97 Å². The number of carbonyl (C=O) groups is 1. The molecule has 24 heavy (non-hydrogen) atoms. The molecule has 1 aromatic heterocycles. The number of carbonyl (C=O) groups excluding carboxylic acids is 1. The topological polar surface area (TPSA) is 78.9 Å². The highest BCUT2D eigenvalue weighted by atomic mass is 32.1. The molecule has 0 amide bonds. The Kier molecular flexibility index (Phi) is 5.17. The van der Waals surface area contributed by atoms with Gasteiger partial charge in [-0.2, -0.15) is 0 Å². The summed E-state index contributed by atoms with van der Waals surface area (Å²) >= 11 is 1.43. The number of hydrogen-bond donors (Lipinski definition) is 1. The second kappa shape index (κ2) is 7.69. The van der Waals surface area contributed by atoms with Crippen LogP contribution in [-0.2, 0) is 25.6 Å². The van der Waals surface area contributed by atoms with Crippen molar-refractivity contribution in [1.29, 1.82) is 0 Å². The molecule has 8 heteroatoms. The number of rotatable bonds is 6. The average Bonchev–Trinajstić information content (AvgIpc) is 3.08. The van der Waals surface area contributed by atoms with Gasteiger partial charge in [-0.1, -0.05) is 0 Å². The van der Waals surface area contributed by atoms with E-state index in [1.54, 1.807) is 7.11 Å². The summed E-state index contributed by atoms with van der Waals surface area (Å²) in [5.41, 5.74) is 1.55. The van der Waals surface area contributed by atoms with Crippen LogP contribution in [0.3, 0.4) is 0 Å². The Morgan fingerprint density at radius 1 is 1.33 bits per heavy atom. The van der Waals surface area contributed by atoms with Gasteiger partial charge in [-0.15, -0.1) is 11.3 Å². The fourth-order valence-corrected chi connectivity index (χ4v) is 2.63. The molecule has 0 bridgehead atoms. The first-order valence-corrected chi connectivity index (χ1v) is 8.10. The van der Waals surface area contributed by atoms with Crippen LogP contribution in [0.5, 0.6) is 5.75 Å². The van der Waals surface area contributed by atoms with E-state index in [1.807, 2.05) is 29.6 Å². The van der Waals surface area contributed by atoms with E-state index in [1.165, 1.54) is 17.6 Å². The van der Waals surface area contributed by atoms with Crippen LogP contribution in [0.2, 0.25) is 0 Å². The number of esters is 1. The Labute approximate surface area is 142 Å². The Morgan fingerprint density at radius 3 is 2.88 bits per heavy atom. The summed E-state index contributed by atoms with van der Waals surface area (Å²) in [7, 11) is 1.62. The van der Waals surface area contributed by atoms with Crippen LogP contribution < -0.4 is 10.1 Å². The quantitative estimate of drug-likeness (QED) is 0.804. The monoisotopic (exact) mass is 348 g/mol. The second-order valence-electron chi connectivity index (χ2n) is 4.77. The molecule has 1 aromatic carbocycles. The lowest BCUT2D eigenvalue weighted by atomic mass is 10.3. The first kappa shape index (κ1) is 16.1. The van der Waals surface area contributed by atoms with Crippen LogP contribution >= 0.6 is 11.3 Å². The lowest BCUT2D eigenvalue weighted by Crippen LogP contribution is -2.17. The van der Waals surface area contributed by atoms with Gasteiger partial charge in [0, 0.05) is 11.1 Å². The van der Waals surface area contributed by atoms with E-state index in [9.17, 15) is 4.79 Å². The summed E-state index contributed by atoms with van der Waals surface area (Å²) in [6.07, 6.45) is 1.27. The highest BCUT2D eigenvalue weighted by Crippen LogP contribution is 2.23. The van der Waals surface area contributed by atoms with Gasteiger partial charge in [0.15, 0.2) is 5.13 Å². The lowest BCUT2D eigenvalue weighted by Gasteiger charge is -2.13. The largest absolute Gasteiger partial charge is 0.497 e. The van der Waals surface area contributed by atoms with Crippen molar-refractivity contribution in [3.8, 4) is 5.75 Å². The average molecular weight is 348 g/mol. The number of nitrogens with zero attached hydrogens (tertiary/aromatic N) is 1. The zero-order chi connectivity index (χ0) is 16.8. The van der Waals surface area contributed by atoms with Gasteiger partial charge in [-0.3, -0.25) is 0 Å². The number of anilines is 2. The summed E-state index contributed by atoms with van der Waals surface area (Å²) in [6.45, 7) is 0.844. The molecular weight excluding hydrogens is 332 g/mol. The van der Waals surface area contributed by atoms with E-state index in [-0.39, 0.29) is 12.4 Å². The lowest BCUT2D eigenvalue weighted by molar-refractivity contribution is -0.146. The third-order valence-electron chi connectivity index (χ3n) is 3.09. The fraction of sp³-hybridized carbons (Fsp3) is 0.250. The summed E-state index contributed by atoms with van der Waals surface area (Å²) < 4.78 is 20.4. The minimum absolute atomic E-state index is 0.0698. The molecule has 0 spiro atoms. The third kappa shape index (κ3) is 4.17. The molecule has 1 aliphatic rings. The first-order valence-electron chi connectivity index (χ1n) is 7.22. The van der Waals surface area contributed by atoms with Gasteiger partial charge in [0.1, 0.15) is 31.8 Å². The summed E-state index contributed by atoms with van der Waals surface area (Å²) in [6, 6.07) is 7.51. The molecule has 0 unspecified atom stereocenters. The van der Waals surface area contributed by atoms with Gasteiger partial charge in [0.05, 0.1) is 12.8 Å². The van der Waals surface area contributed by atoms with Crippen molar-refractivity contribution in [3.63, 3.8) is 0 Å². The van der Waals surface area contributed by atoms with Crippen molar-refractivity contribution in [2.24, 2.45) is 0 Å². The molecule has 0 saturated heterocycles. The molecule has 0 radical (unpaired) electrons. The van der Waals surface area contributed by atoms with Crippen molar-refractivity contribution in [3.05, 3.63) is 47.4 Å². The summed E-state index contributed by atoms with van der Waals surface area (Å²) in [5, 5.41) is 5.72. The number of thiazole rings is 1. The predicted molar refractivity (Wildman–Crippen MR) is 88.2 cm³/mol. The van der Waals surface area contributed by atoms with Crippen LogP contribution in [0.15, 0.2) is 41.7 Å². The van der Waals surface area contributed by atoms with Crippen LogP contribution in [0.4, 0.5) is 10.8 Å². The van der Waals surface area contributed by atoms with Gasteiger partial charge in [-0.05, 0) is 24.3 Å². The van der Waals surface area contributed by atoms with E-state index in [0.717, 1.165) is 11.4 Å². The standard InChI is InChI=1S/C16H16N2O5S/c1-20-13-4-2-11(3-5-13)17-16-18-12(10-24-16)8-23-15(19)14-9-21-6-7-22-14/h2-5,9-10H,6-8H2,1H3,(H,17,18). The molecule has 0 aliphatic carbocycles. The van der Waals surface area contributed by atoms with E-state index < -0.39 is 5.97 Å². The summed E-state index contributed by atoms with van der Waals surface area (Å²) in [5.74, 6) is 0.302. The van der Waals surface area contributed by atoms with Crippen molar-refractivity contribution < 1.29 is 23.7 Å². The van der Waals surface area contributed by atoms with Crippen molar-refractivity contribution >= 4 is 28.1 Å². The molecule has 1 N–H and O–H groups in total. The Balaban J connectivity index is 1.53. The third-order valence-corrected chi connectivity index (χ3v) is 3.90. The second-order valence-corrected chi connectivity index (χ2v) is 5.63. The van der Waals surface area contributed by atoms with Crippen LogP contribution in [0.25, 0.3) is 0 Å². The smallest absolute Gasteiger partial charge is 0.377 e. The minimum atomic E-state index is -0.563. The van der Waals surface area contributed by atoms with Gasteiger partial charge < -0.3 is 24.3 Å². The van der Waals surface area contributed by atoms with E-state index >= 15 is 0 Å². The maximum absolute atomic E-state index is 11.8. The number of aromatic nitrogens is 1. The number of ether oxygens (including phenoxy) is 4. The molecule has 0 fully saturated rings.